The Balaban J connectivity index is 3.06. The van der Waals surface area contributed by atoms with Crippen molar-refractivity contribution in [3.63, 3.8) is 0 Å². The molecule has 1 N–H and O–H groups in total. The summed E-state index contributed by atoms with van der Waals surface area (Å²) in [7, 11) is 2.60. The second-order valence-electron chi connectivity index (χ2n) is 2.22. The molecule has 1 rings (SSSR count). The minimum Gasteiger partial charge on any atom is -0.503 e. The van der Waals surface area contributed by atoms with Gasteiger partial charge in [-0.25, -0.2) is 9.78 Å². The summed E-state index contributed by atoms with van der Waals surface area (Å²) in [5, 5.41) is 9.15. The first-order chi connectivity index (χ1) is 6.19. The van der Waals surface area contributed by atoms with Gasteiger partial charge in [0.05, 0.1) is 14.2 Å². The van der Waals surface area contributed by atoms with Crippen LogP contribution in [-0.4, -0.2) is 30.3 Å². The molecule has 0 atom stereocenters. The summed E-state index contributed by atoms with van der Waals surface area (Å²) in [5.74, 6) is -0.684. The molecule has 0 fully saturated rings. The standard InChI is InChI=1S/C8H9NO4/c1-12-7-6(10)4-3-5(9-7)8(11)13-2/h3-4,10H,1-2H3. The number of rotatable bonds is 2. The van der Waals surface area contributed by atoms with Gasteiger partial charge in [-0.15, -0.1) is 0 Å². The van der Waals surface area contributed by atoms with Crippen LogP contribution < -0.4 is 4.74 Å². The quantitative estimate of drug-likeness (QED) is 0.679. The zero-order valence-corrected chi connectivity index (χ0v) is 7.27. The summed E-state index contributed by atoms with van der Waals surface area (Å²) in [6.07, 6.45) is 0. The first kappa shape index (κ1) is 9.31. The van der Waals surface area contributed by atoms with E-state index >= 15 is 0 Å². The van der Waals surface area contributed by atoms with Gasteiger partial charge in [-0.2, -0.15) is 0 Å². The van der Waals surface area contributed by atoms with Gasteiger partial charge >= 0.3 is 5.97 Å². The van der Waals surface area contributed by atoms with E-state index in [1.54, 1.807) is 0 Å². The Labute approximate surface area is 74.9 Å². The second kappa shape index (κ2) is 3.75. The lowest BCUT2D eigenvalue weighted by molar-refractivity contribution is 0.0593. The first-order valence-electron chi connectivity index (χ1n) is 3.51. The largest absolute Gasteiger partial charge is 0.503 e. The van der Waals surface area contributed by atoms with Gasteiger partial charge in [-0.3, -0.25) is 0 Å². The summed E-state index contributed by atoms with van der Waals surface area (Å²) >= 11 is 0. The van der Waals surface area contributed by atoms with Gasteiger partial charge in [0, 0.05) is 0 Å². The van der Waals surface area contributed by atoms with E-state index in [0.717, 1.165) is 0 Å². The molecular weight excluding hydrogens is 174 g/mol. The Hall–Kier alpha value is -1.78. The van der Waals surface area contributed by atoms with Gasteiger partial charge in [-0.1, -0.05) is 0 Å². The van der Waals surface area contributed by atoms with E-state index in [9.17, 15) is 4.79 Å². The van der Waals surface area contributed by atoms with Crippen molar-refractivity contribution in [3.05, 3.63) is 17.8 Å². The molecule has 70 valence electrons. The van der Waals surface area contributed by atoms with Gasteiger partial charge in [0.15, 0.2) is 11.4 Å². The van der Waals surface area contributed by atoms with E-state index in [1.165, 1.54) is 26.4 Å². The van der Waals surface area contributed by atoms with Gasteiger partial charge in [0.2, 0.25) is 0 Å². The van der Waals surface area contributed by atoms with Gasteiger partial charge in [0.1, 0.15) is 0 Å². The van der Waals surface area contributed by atoms with Gasteiger partial charge in [-0.05, 0) is 12.1 Å². The van der Waals surface area contributed by atoms with Gasteiger partial charge < -0.3 is 14.6 Å². The van der Waals surface area contributed by atoms with Crippen LogP contribution in [0.4, 0.5) is 0 Å². The van der Waals surface area contributed by atoms with Crippen molar-refractivity contribution in [1.29, 1.82) is 0 Å². The van der Waals surface area contributed by atoms with Gasteiger partial charge in [0.25, 0.3) is 5.88 Å². The third-order valence-corrected chi connectivity index (χ3v) is 1.43. The Morgan fingerprint density at radius 2 is 2.15 bits per heavy atom. The number of methoxy groups -OCH3 is 2. The number of aromatic nitrogens is 1. The Kier molecular flexibility index (Phi) is 2.69. The molecule has 0 spiro atoms. The molecule has 0 saturated carbocycles. The fraction of sp³-hybridized carbons (Fsp3) is 0.250. The highest BCUT2D eigenvalue weighted by molar-refractivity contribution is 5.87. The van der Waals surface area contributed by atoms with E-state index < -0.39 is 5.97 Å². The van der Waals surface area contributed by atoms with E-state index in [-0.39, 0.29) is 17.3 Å². The molecule has 0 amide bonds. The molecule has 5 nitrogen and oxygen atoms in total. The summed E-state index contributed by atoms with van der Waals surface area (Å²) in [6.45, 7) is 0. The van der Waals surface area contributed by atoms with Crippen molar-refractivity contribution >= 4 is 5.97 Å². The molecule has 0 aromatic carbocycles. The molecule has 0 radical (unpaired) electrons. The maximum Gasteiger partial charge on any atom is 0.356 e. The lowest BCUT2D eigenvalue weighted by atomic mass is 10.3. The number of ether oxygens (including phenoxy) is 2. The normalized spacial score (nSPS) is 9.38. The van der Waals surface area contributed by atoms with Crippen molar-refractivity contribution < 1.29 is 19.4 Å². The predicted octanol–water partition coefficient (Wildman–Crippen LogP) is 0.582. The minimum atomic E-state index is -0.571. The van der Waals surface area contributed by atoms with Crippen molar-refractivity contribution in [2.45, 2.75) is 0 Å². The van der Waals surface area contributed by atoms with E-state index in [4.69, 9.17) is 9.84 Å². The number of carbonyl (C=O) groups is 1. The number of nitrogens with zero attached hydrogens (tertiary/aromatic N) is 1. The topological polar surface area (TPSA) is 68.7 Å². The fourth-order valence-corrected chi connectivity index (χ4v) is 0.802. The van der Waals surface area contributed by atoms with Crippen molar-refractivity contribution in [2.75, 3.05) is 14.2 Å². The zero-order valence-electron chi connectivity index (χ0n) is 7.27. The van der Waals surface area contributed by atoms with Crippen molar-refractivity contribution in [2.24, 2.45) is 0 Å². The van der Waals surface area contributed by atoms with Crippen molar-refractivity contribution in [1.82, 2.24) is 4.98 Å². The van der Waals surface area contributed by atoms with Crippen LogP contribution in [0.25, 0.3) is 0 Å². The molecule has 1 aromatic rings. The molecule has 0 aliphatic rings. The molecule has 1 heterocycles. The number of carbonyl (C=O) groups excluding carboxylic acids is 1. The third kappa shape index (κ3) is 1.87. The number of esters is 1. The molecule has 0 saturated heterocycles. The summed E-state index contributed by atoms with van der Waals surface area (Å²) in [6, 6.07) is 2.67. The molecule has 0 unspecified atom stereocenters. The number of hydrogen-bond acceptors (Lipinski definition) is 5. The van der Waals surface area contributed by atoms with E-state index in [1.807, 2.05) is 0 Å². The van der Waals surface area contributed by atoms with Crippen LogP contribution in [0.3, 0.4) is 0 Å². The molecular formula is C8H9NO4. The van der Waals surface area contributed by atoms with E-state index in [0.29, 0.717) is 0 Å². The highest BCUT2D eigenvalue weighted by atomic mass is 16.5. The maximum absolute atomic E-state index is 11.0. The zero-order chi connectivity index (χ0) is 9.84. The molecule has 13 heavy (non-hydrogen) atoms. The lowest BCUT2D eigenvalue weighted by Gasteiger charge is -2.03. The summed E-state index contributed by atoms with van der Waals surface area (Å²) in [4.78, 5) is 14.7. The van der Waals surface area contributed by atoms with Crippen LogP contribution in [0.15, 0.2) is 12.1 Å². The average molecular weight is 183 g/mol. The van der Waals surface area contributed by atoms with Crippen LogP contribution >= 0.6 is 0 Å². The third-order valence-electron chi connectivity index (χ3n) is 1.43. The molecule has 0 aliphatic heterocycles. The highest BCUT2D eigenvalue weighted by Gasteiger charge is 2.10. The van der Waals surface area contributed by atoms with E-state index in [2.05, 4.69) is 9.72 Å². The first-order valence-corrected chi connectivity index (χ1v) is 3.51. The van der Waals surface area contributed by atoms with Crippen LogP contribution in [-0.2, 0) is 4.74 Å². The Bertz CT molecular complexity index is 324. The Morgan fingerprint density at radius 3 is 2.69 bits per heavy atom. The SMILES string of the molecule is COC(=O)c1ccc(O)c(OC)n1. The molecule has 0 bridgehead atoms. The Morgan fingerprint density at radius 1 is 1.46 bits per heavy atom. The average Bonchev–Trinajstić information content (AvgIpc) is 2.17. The fourth-order valence-electron chi connectivity index (χ4n) is 0.802. The number of pyridine rings is 1. The number of aromatic hydroxyl groups is 1. The van der Waals surface area contributed by atoms with Crippen LogP contribution in [0.5, 0.6) is 11.6 Å². The molecule has 1 aromatic heterocycles. The van der Waals surface area contributed by atoms with Crippen molar-refractivity contribution in [3.8, 4) is 11.6 Å². The minimum absolute atomic E-state index is 0.00269. The highest BCUT2D eigenvalue weighted by Crippen LogP contribution is 2.22. The van der Waals surface area contributed by atoms with Crippen LogP contribution in [0.1, 0.15) is 10.5 Å². The molecule has 5 heteroatoms. The second-order valence-corrected chi connectivity index (χ2v) is 2.22. The summed E-state index contributed by atoms with van der Waals surface area (Å²) in [5.41, 5.74) is 0.0946. The smallest absolute Gasteiger partial charge is 0.356 e. The summed E-state index contributed by atoms with van der Waals surface area (Å²) < 4.78 is 9.15. The van der Waals surface area contributed by atoms with Crippen LogP contribution in [0.2, 0.25) is 0 Å². The number of hydrogen-bond donors (Lipinski definition) is 1. The monoisotopic (exact) mass is 183 g/mol. The lowest BCUT2D eigenvalue weighted by Crippen LogP contribution is -2.04. The predicted molar refractivity (Wildman–Crippen MR) is 43.8 cm³/mol. The molecule has 0 aliphatic carbocycles. The maximum atomic E-state index is 11.0. The van der Waals surface area contributed by atoms with Crippen LogP contribution in [0, 0.1) is 0 Å².